The van der Waals surface area contributed by atoms with Gasteiger partial charge in [-0.25, -0.2) is 8.42 Å². The van der Waals surface area contributed by atoms with E-state index in [1.165, 1.54) is 10.4 Å². The molecule has 0 bridgehead atoms. The van der Waals surface area contributed by atoms with Crippen LogP contribution in [0.4, 0.5) is 11.4 Å². The third-order valence-corrected chi connectivity index (χ3v) is 9.23. The molecule has 0 fully saturated rings. The molecule has 0 radical (unpaired) electrons. The molecule has 0 aromatic heterocycles. The maximum Gasteiger partial charge on any atom is 0.264 e. The number of fused-ring (bicyclic) bond motifs is 1. The fourth-order valence-electron chi connectivity index (χ4n) is 4.54. The summed E-state index contributed by atoms with van der Waals surface area (Å²) in [5.74, 6) is 0.531. The lowest BCUT2D eigenvalue weighted by molar-refractivity contribution is 0.102. The average molecular weight is 573 g/mol. The highest BCUT2D eigenvalue weighted by Crippen LogP contribution is 2.40. The predicted octanol–water partition coefficient (Wildman–Crippen LogP) is 5.58. The van der Waals surface area contributed by atoms with E-state index in [9.17, 15) is 18.3 Å². The van der Waals surface area contributed by atoms with Gasteiger partial charge in [-0.2, -0.15) is 0 Å². The number of amides is 1. The third kappa shape index (κ3) is 6.00. The van der Waals surface area contributed by atoms with Crippen molar-refractivity contribution in [2.24, 2.45) is 5.41 Å². The summed E-state index contributed by atoms with van der Waals surface area (Å²) in [5.41, 5.74) is 1.37. The summed E-state index contributed by atoms with van der Waals surface area (Å²) >= 11 is 6.26. The number of ether oxygens (including phenoxy) is 2. The van der Waals surface area contributed by atoms with E-state index >= 15 is 0 Å². The average Bonchev–Trinajstić information content (AvgIpc) is 2.90. The van der Waals surface area contributed by atoms with Crippen LogP contribution in [-0.4, -0.2) is 45.8 Å². The van der Waals surface area contributed by atoms with Crippen LogP contribution in [-0.2, 0) is 14.8 Å². The monoisotopic (exact) mass is 572 g/mol. The van der Waals surface area contributed by atoms with E-state index in [1.807, 2.05) is 19.9 Å². The van der Waals surface area contributed by atoms with Crippen LogP contribution in [0.3, 0.4) is 0 Å². The number of halogens is 1. The van der Waals surface area contributed by atoms with Gasteiger partial charge >= 0.3 is 0 Å². The van der Waals surface area contributed by atoms with Crippen LogP contribution in [0.15, 0.2) is 71.4 Å². The summed E-state index contributed by atoms with van der Waals surface area (Å²) in [6.07, 6.45) is 7.39. The highest BCUT2D eigenvalue weighted by Gasteiger charge is 2.36. The number of aliphatic hydroxyl groups excluding tert-OH is 1. The highest BCUT2D eigenvalue weighted by atomic mass is 35.5. The second-order valence-corrected chi connectivity index (χ2v) is 12.2. The molecule has 39 heavy (non-hydrogen) atoms. The summed E-state index contributed by atoms with van der Waals surface area (Å²) in [6, 6.07) is 9.92. The number of hydrogen-bond acceptors (Lipinski definition) is 6. The zero-order chi connectivity index (χ0) is 28.4. The molecule has 0 saturated carbocycles. The number of methoxy groups -OCH3 is 1. The van der Waals surface area contributed by atoms with Crippen LogP contribution < -0.4 is 14.4 Å². The first-order chi connectivity index (χ1) is 18.5. The fraction of sp³-hybridized carbons (Fsp3) is 0.345. The molecule has 2 unspecified atom stereocenters. The molecule has 1 aliphatic carbocycles. The van der Waals surface area contributed by atoms with Gasteiger partial charge in [-0.3, -0.25) is 9.10 Å². The van der Waals surface area contributed by atoms with E-state index in [4.69, 9.17) is 21.1 Å². The van der Waals surface area contributed by atoms with Crippen LogP contribution in [0.5, 0.6) is 5.75 Å². The minimum Gasteiger partial charge on any atom is -0.501 e. The first-order valence-electron chi connectivity index (χ1n) is 12.7. The van der Waals surface area contributed by atoms with Gasteiger partial charge in [0.15, 0.2) is 0 Å². The normalized spacial score (nSPS) is 21.1. The van der Waals surface area contributed by atoms with Crippen molar-refractivity contribution in [1.82, 2.24) is 0 Å². The number of rotatable bonds is 7. The molecule has 0 saturated heterocycles. The van der Waals surface area contributed by atoms with Crippen molar-refractivity contribution in [2.45, 2.75) is 39.7 Å². The number of carbonyl (C=O) groups excluding carboxylic acids is 1. The van der Waals surface area contributed by atoms with Crippen LogP contribution in [0.25, 0.3) is 0 Å². The number of benzene rings is 2. The summed E-state index contributed by atoms with van der Waals surface area (Å²) in [4.78, 5) is 13.1. The second-order valence-electron chi connectivity index (χ2n) is 9.95. The van der Waals surface area contributed by atoms with Crippen LogP contribution in [0, 0.1) is 12.3 Å². The first kappa shape index (κ1) is 28.7. The molecule has 2 N–H and O–H groups in total. The number of aliphatic hydroxyl groups is 1. The number of nitrogens with zero attached hydrogens (tertiary/aromatic N) is 1. The molecular formula is C29H33ClN2O6S. The van der Waals surface area contributed by atoms with E-state index < -0.39 is 22.0 Å². The number of aryl methyl sites for hydroxylation is 1. The maximum atomic E-state index is 14.1. The molecule has 1 amide bonds. The smallest absolute Gasteiger partial charge is 0.264 e. The van der Waals surface area contributed by atoms with Crippen molar-refractivity contribution < 1.29 is 27.8 Å². The largest absolute Gasteiger partial charge is 0.501 e. The van der Waals surface area contributed by atoms with Gasteiger partial charge in [0.2, 0.25) is 0 Å². The van der Waals surface area contributed by atoms with E-state index in [1.54, 1.807) is 62.6 Å². The predicted molar refractivity (Wildman–Crippen MR) is 154 cm³/mol. The summed E-state index contributed by atoms with van der Waals surface area (Å²) < 4.78 is 40.7. The Labute approximate surface area is 234 Å². The first-order valence-corrected chi connectivity index (χ1v) is 14.5. The highest BCUT2D eigenvalue weighted by molar-refractivity contribution is 7.96. The molecule has 2 aromatic rings. The van der Waals surface area contributed by atoms with Gasteiger partial charge in [0.05, 0.1) is 47.2 Å². The SMILES string of the molecule is CCC1(C)C=CC(S(=O)(=O)N2CC(CO)Oc3ccc(NC(=O)c4c(C)cccc4Cl)cc32)=CC=C(OC)C1. The molecule has 2 aromatic carbocycles. The Kier molecular flexibility index (Phi) is 8.44. The lowest BCUT2D eigenvalue weighted by Gasteiger charge is -2.35. The Hall–Kier alpha value is -3.27. The molecule has 1 aliphatic heterocycles. The van der Waals surface area contributed by atoms with Crippen LogP contribution >= 0.6 is 11.6 Å². The lowest BCUT2D eigenvalue weighted by Crippen LogP contribution is -2.45. The molecule has 2 aliphatic rings. The van der Waals surface area contributed by atoms with Gasteiger partial charge in [0, 0.05) is 12.1 Å². The molecule has 208 valence electrons. The molecular weight excluding hydrogens is 540 g/mol. The topological polar surface area (TPSA) is 105 Å². The second kappa shape index (κ2) is 11.5. The zero-order valence-electron chi connectivity index (χ0n) is 22.4. The Morgan fingerprint density at radius 2 is 2.05 bits per heavy atom. The molecule has 2 atom stereocenters. The molecule has 8 nitrogen and oxygen atoms in total. The van der Waals surface area contributed by atoms with Crippen molar-refractivity contribution in [1.29, 1.82) is 0 Å². The maximum absolute atomic E-state index is 14.1. The number of allylic oxidation sites excluding steroid dienone is 5. The standard InChI is InChI=1S/C29H33ClN2O6S/c1-5-29(3)14-13-23(11-10-21(16-29)37-4)39(35,36)32-17-22(18-33)38-26-12-9-20(15-25(26)32)31-28(34)27-19(2)7-6-8-24(27)30/h6-15,22,33H,5,16-18H2,1-4H3,(H,31,34). The van der Waals surface area contributed by atoms with Gasteiger partial charge in [0.1, 0.15) is 11.9 Å². The van der Waals surface area contributed by atoms with Crippen molar-refractivity contribution in [3.8, 4) is 5.75 Å². The van der Waals surface area contributed by atoms with E-state index in [-0.39, 0.29) is 34.9 Å². The van der Waals surface area contributed by atoms with E-state index in [2.05, 4.69) is 5.32 Å². The van der Waals surface area contributed by atoms with Crippen molar-refractivity contribution in [2.75, 3.05) is 29.9 Å². The molecule has 1 heterocycles. The number of carbonyl (C=O) groups is 1. The van der Waals surface area contributed by atoms with Gasteiger partial charge < -0.3 is 19.9 Å². The van der Waals surface area contributed by atoms with Crippen molar-refractivity contribution >= 4 is 38.9 Å². The third-order valence-electron chi connectivity index (χ3n) is 7.12. The van der Waals surface area contributed by atoms with Gasteiger partial charge in [-0.05, 0) is 66.8 Å². The Morgan fingerprint density at radius 1 is 1.28 bits per heavy atom. The number of hydrogen-bond donors (Lipinski definition) is 2. The minimum absolute atomic E-state index is 0.0714. The van der Waals surface area contributed by atoms with Gasteiger partial charge in [-0.1, -0.05) is 43.7 Å². The van der Waals surface area contributed by atoms with Crippen LogP contribution in [0.2, 0.25) is 5.02 Å². The van der Waals surface area contributed by atoms with E-state index in [0.717, 1.165) is 6.42 Å². The quantitative estimate of drug-likeness (QED) is 0.449. The van der Waals surface area contributed by atoms with Gasteiger partial charge in [-0.15, -0.1) is 0 Å². The Balaban J connectivity index is 1.75. The molecule has 10 heteroatoms. The Bertz CT molecular complexity index is 1450. The lowest BCUT2D eigenvalue weighted by atomic mass is 9.82. The summed E-state index contributed by atoms with van der Waals surface area (Å²) in [5, 5.41) is 13.0. The number of anilines is 2. The molecule has 0 spiro atoms. The number of sulfonamides is 1. The Morgan fingerprint density at radius 3 is 2.72 bits per heavy atom. The van der Waals surface area contributed by atoms with E-state index in [0.29, 0.717) is 34.0 Å². The van der Waals surface area contributed by atoms with Crippen molar-refractivity contribution in [3.05, 3.63) is 87.5 Å². The summed E-state index contributed by atoms with van der Waals surface area (Å²) in [7, 11) is -2.53. The molecule has 4 rings (SSSR count). The van der Waals surface area contributed by atoms with Crippen LogP contribution in [0.1, 0.15) is 42.6 Å². The van der Waals surface area contributed by atoms with Gasteiger partial charge in [0.25, 0.3) is 15.9 Å². The minimum atomic E-state index is -4.10. The summed E-state index contributed by atoms with van der Waals surface area (Å²) in [6.45, 7) is 5.40. The number of nitrogens with one attached hydrogen (secondary N) is 1. The fourth-order valence-corrected chi connectivity index (χ4v) is 6.34. The van der Waals surface area contributed by atoms with Crippen molar-refractivity contribution in [3.63, 3.8) is 0 Å². The zero-order valence-corrected chi connectivity index (χ0v) is 24.0.